The Hall–Kier alpha value is -3.28. The molecule has 0 spiro atoms. The van der Waals surface area contributed by atoms with Crippen molar-refractivity contribution in [2.45, 2.75) is 40.2 Å². The highest BCUT2D eigenvalue weighted by Crippen LogP contribution is 2.28. The van der Waals surface area contributed by atoms with Crippen molar-refractivity contribution in [3.63, 3.8) is 0 Å². The standard InChI is InChI=1S/C24H21ClFN5OS/c1-14-8-9-33-22(14)13-30(18-4-6-21(26)20(25)10-18)23(32)7-5-19-15(2)29-24-17(11-27)12-28-31(24)16(19)3/h4,6,8-10,12H,5,7,13H2,1-3H3. The van der Waals surface area contributed by atoms with Crippen molar-refractivity contribution >= 4 is 40.2 Å². The molecule has 6 nitrogen and oxygen atoms in total. The molecule has 0 aliphatic carbocycles. The first-order chi connectivity index (χ1) is 15.8. The van der Waals surface area contributed by atoms with Crippen LogP contribution in [0.2, 0.25) is 5.02 Å². The normalized spacial score (nSPS) is 11.0. The number of carbonyl (C=O) groups excluding carboxylic acids is 1. The Bertz CT molecular complexity index is 1400. The van der Waals surface area contributed by atoms with E-state index in [0.717, 1.165) is 27.4 Å². The molecular weight excluding hydrogens is 461 g/mol. The van der Waals surface area contributed by atoms with Gasteiger partial charge < -0.3 is 4.90 Å². The van der Waals surface area contributed by atoms with Crippen molar-refractivity contribution in [2.75, 3.05) is 4.90 Å². The van der Waals surface area contributed by atoms with Crippen LogP contribution in [0.25, 0.3) is 5.65 Å². The molecule has 0 unspecified atom stereocenters. The Morgan fingerprint density at radius 3 is 2.76 bits per heavy atom. The summed E-state index contributed by atoms with van der Waals surface area (Å²) in [6.45, 7) is 6.15. The molecule has 0 saturated carbocycles. The predicted octanol–water partition coefficient (Wildman–Crippen LogP) is 5.55. The van der Waals surface area contributed by atoms with Gasteiger partial charge in [-0.2, -0.15) is 10.4 Å². The van der Waals surface area contributed by atoms with E-state index in [9.17, 15) is 14.4 Å². The van der Waals surface area contributed by atoms with Crippen molar-refractivity contribution in [3.8, 4) is 6.07 Å². The van der Waals surface area contributed by atoms with Gasteiger partial charge in [-0.15, -0.1) is 11.3 Å². The number of rotatable bonds is 6. The van der Waals surface area contributed by atoms with Gasteiger partial charge in [-0.3, -0.25) is 4.79 Å². The highest BCUT2D eigenvalue weighted by Gasteiger charge is 2.21. The van der Waals surface area contributed by atoms with E-state index in [0.29, 0.717) is 29.9 Å². The van der Waals surface area contributed by atoms with Gasteiger partial charge in [-0.05, 0) is 68.0 Å². The van der Waals surface area contributed by atoms with E-state index in [4.69, 9.17) is 11.6 Å². The largest absolute Gasteiger partial charge is 0.307 e. The van der Waals surface area contributed by atoms with Crippen molar-refractivity contribution < 1.29 is 9.18 Å². The van der Waals surface area contributed by atoms with Gasteiger partial charge in [0, 0.05) is 28.4 Å². The Balaban J connectivity index is 1.63. The molecule has 0 bridgehead atoms. The summed E-state index contributed by atoms with van der Waals surface area (Å²) in [5.41, 5.74) is 5.08. The monoisotopic (exact) mass is 481 g/mol. The molecule has 0 aliphatic heterocycles. The number of hydrogen-bond donors (Lipinski definition) is 0. The number of aromatic nitrogens is 3. The summed E-state index contributed by atoms with van der Waals surface area (Å²) >= 11 is 7.58. The molecular formula is C24H21ClFN5OS. The van der Waals surface area contributed by atoms with Gasteiger partial charge in [0.2, 0.25) is 5.91 Å². The lowest BCUT2D eigenvalue weighted by atomic mass is 10.1. The smallest absolute Gasteiger partial charge is 0.227 e. The summed E-state index contributed by atoms with van der Waals surface area (Å²) in [5, 5.41) is 15.5. The molecule has 0 saturated heterocycles. The molecule has 1 aromatic carbocycles. The van der Waals surface area contributed by atoms with Gasteiger partial charge in [-0.1, -0.05) is 11.6 Å². The zero-order valence-corrected chi connectivity index (χ0v) is 20.0. The first kappa shape index (κ1) is 22.9. The van der Waals surface area contributed by atoms with E-state index in [1.165, 1.54) is 18.3 Å². The number of fused-ring (bicyclic) bond motifs is 1. The SMILES string of the molecule is Cc1ccsc1CN(C(=O)CCc1c(C)nc2c(C#N)cnn2c1C)c1ccc(F)c(Cl)c1. The van der Waals surface area contributed by atoms with Crippen LogP contribution in [0, 0.1) is 37.9 Å². The average Bonchev–Trinajstić information content (AvgIpc) is 3.39. The summed E-state index contributed by atoms with van der Waals surface area (Å²) in [7, 11) is 0. The number of nitrogens with zero attached hydrogens (tertiary/aromatic N) is 5. The third kappa shape index (κ3) is 4.47. The topological polar surface area (TPSA) is 74.3 Å². The van der Waals surface area contributed by atoms with Crippen LogP contribution in [0.5, 0.6) is 0 Å². The van der Waals surface area contributed by atoms with Crippen LogP contribution >= 0.6 is 22.9 Å². The Morgan fingerprint density at radius 2 is 2.09 bits per heavy atom. The summed E-state index contributed by atoms with van der Waals surface area (Å²) in [6.07, 6.45) is 2.17. The molecule has 0 N–H and O–H groups in total. The molecule has 33 heavy (non-hydrogen) atoms. The minimum atomic E-state index is -0.526. The summed E-state index contributed by atoms with van der Waals surface area (Å²) in [4.78, 5) is 20.6. The van der Waals surface area contributed by atoms with Gasteiger partial charge in [0.05, 0.1) is 17.8 Å². The molecule has 0 aliphatic rings. The Kier molecular flexibility index (Phi) is 6.45. The first-order valence-corrected chi connectivity index (χ1v) is 11.6. The quantitative estimate of drug-likeness (QED) is 0.362. The van der Waals surface area contributed by atoms with E-state index in [-0.39, 0.29) is 17.4 Å². The number of hydrogen-bond acceptors (Lipinski definition) is 5. The molecule has 1 amide bonds. The number of aryl methyl sites for hydroxylation is 3. The second-order valence-electron chi connectivity index (χ2n) is 7.77. The molecule has 9 heteroatoms. The summed E-state index contributed by atoms with van der Waals surface area (Å²) in [6, 6.07) is 8.43. The van der Waals surface area contributed by atoms with Gasteiger partial charge in [-0.25, -0.2) is 13.9 Å². The number of carbonyl (C=O) groups is 1. The maximum Gasteiger partial charge on any atom is 0.227 e. The predicted molar refractivity (Wildman–Crippen MR) is 127 cm³/mol. The molecule has 0 atom stereocenters. The van der Waals surface area contributed by atoms with Crippen LogP contribution in [-0.2, 0) is 17.8 Å². The second-order valence-corrected chi connectivity index (χ2v) is 9.18. The molecule has 0 fully saturated rings. The third-order valence-electron chi connectivity index (χ3n) is 5.70. The van der Waals surface area contributed by atoms with Crippen LogP contribution in [0.1, 0.15) is 39.4 Å². The van der Waals surface area contributed by atoms with E-state index in [2.05, 4.69) is 16.2 Å². The Morgan fingerprint density at radius 1 is 1.30 bits per heavy atom. The van der Waals surface area contributed by atoms with E-state index in [1.54, 1.807) is 26.8 Å². The van der Waals surface area contributed by atoms with Crippen molar-refractivity contribution in [1.82, 2.24) is 14.6 Å². The Labute approximate surface area is 199 Å². The molecule has 3 heterocycles. The third-order valence-corrected chi connectivity index (χ3v) is 7.00. The van der Waals surface area contributed by atoms with Crippen LogP contribution in [0.4, 0.5) is 10.1 Å². The number of halogens is 2. The van der Waals surface area contributed by atoms with Crippen molar-refractivity contribution in [1.29, 1.82) is 5.26 Å². The fraction of sp³-hybridized carbons (Fsp3) is 0.250. The number of nitriles is 1. The van der Waals surface area contributed by atoms with E-state index in [1.807, 2.05) is 32.2 Å². The number of thiophene rings is 1. The highest BCUT2D eigenvalue weighted by atomic mass is 35.5. The zero-order chi connectivity index (χ0) is 23.7. The zero-order valence-electron chi connectivity index (χ0n) is 18.4. The van der Waals surface area contributed by atoms with Crippen LogP contribution in [0.3, 0.4) is 0 Å². The summed E-state index contributed by atoms with van der Waals surface area (Å²) in [5.74, 6) is -0.635. The fourth-order valence-electron chi connectivity index (χ4n) is 3.80. The minimum absolute atomic E-state index is 0.0264. The molecule has 168 valence electrons. The number of anilines is 1. The van der Waals surface area contributed by atoms with Gasteiger partial charge in [0.1, 0.15) is 17.4 Å². The molecule has 4 aromatic rings. The van der Waals surface area contributed by atoms with E-state index < -0.39 is 5.82 Å². The highest BCUT2D eigenvalue weighted by molar-refractivity contribution is 7.10. The van der Waals surface area contributed by atoms with Crippen molar-refractivity contribution in [2.24, 2.45) is 0 Å². The van der Waals surface area contributed by atoms with Crippen LogP contribution in [-0.4, -0.2) is 20.5 Å². The maximum absolute atomic E-state index is 13.7. The summed E-state index contributed by atoms with van der Waals surface area (Å²) < 4.78 is 15.4. The lowest BCUT2D eigenvalue weighted by molar-refractivity contribution is -0.118. The van der Waals surface area contributed by atoms with E-state index >= 15 is 0 Å². The van der Waals surface area contributed by atoms with Gasteiger partial charge in [0.25, 0.3) is 0 Å². The fourth-order valence-corrected chi connectivity index (χ4v) is 4.87. The van der Waals surface area contributed by atoms with Crippen LogP contribution < -0.4 is 4.90 Å². The van der Waals surface area contributed by atoms with Gasteiger partial charge >= 0.3 is 0 Å². The maximum atomic E-state index is 13.7. The molecule has 3 aromatic heterocycles. The van der Waals surface area contributed by atoms with Crippen molar-refractivity contribution in [3.05, 3.63) is 79.6 Å². The van der Waals surface area contributed by atoms with Gasteiger partial charge in [0.15, 0.2) is 5.65 Å². The first-order valence-electron chi connectivity index (χ1n) is 10.3. The minimum Gasteiger partial charge on any atom is -0.307 e. The van der Waals surface area contributed by atoms with Crippen LogP contribution in [0.15, 0.2) is 35.8 Å². The second kappa shape index (κ2) is 9.30. The number of benzene rings is 1. The molecule has 4 rings (SSSR count). The molecule has 0 radical (unpaired) electrons. The average molecular weight is 482 g/mol. The number of amides is 1. The lowest BCUT2D eigenvalue weighted by Gasteiger charge is -2.23. The lowest BCUT2D eigenvalue weighted by Crippen LogP contribution is -2.30.